The van der Waals surface area contributed by atoms with Crippen LogP contribution in [0.1, 0.15) is 44.6 Å². The number of carboxylic acid groups (broad SMARTS) is 1. The summed E-state index contributed by atoms with van der Waals surface area (Å²) in [6.45, 7) is 5.34. The van der Waals surface area contributed by atoms with Gasteiger partial charge in [0.25, 0.3) is 0 Å². The Kier molecular flexibility index (Phi) is 7.43. The Morgan fingerprint density at radius 2 is 1.86 bits per heavy atom. The highest BCUT2D eigenvalue weighted by atomic mass is 16.5. The summed E-state index contributed by atoms with van der Waals surface area (Å²) in [5.41, 5.74) is 0.591. The van der Waals surface area contributed by atoms with E-state index in [2.05, 4.69) is 0 Å². The van der Waals surface area contributed by atoms with Gasteiger partial charge in [-0.05, 0) is 30.5 Å². The van der Waals surface area contributed by atoms with Crippen molar-refractivity contribution in [1.29, 1.82) is 0 Å². The first-order valence-corrected chi connectivity index (χ1v) is 7.68. The van der Waals surface area contributed by atoms with E-state index >= 15 is 0 Å². The average molecular weight is 307 g/mol. The molecule has 0 heterocycles. The predicted octanol–water partition coefficient (Wildman–Crippen LogP) is 2.90. The lowest BCUT2D eigenvalue weighted by atomic mass is 9.95. The molecule has 0 spiro atoms. The maximum Gasteiger partial charge on any atom is 0.311 e. The van der Waals surface area contributed by atoms with Crippen molar-refractivity contribution in [2.45, 2.75) is 39.0 Å². The molecule has 0 aromatic heterocycles. The van der Waals surface area contributed by atoms with Gasteiger partial charge in [-0.15, -0.1) is 0 Å². The van der Waals surface area contributed by atoms with Crippen LogP contribution in [-0.2, 0) is 9.59 Å². The second-order valence-electron chi connectivity index (χ2n) is 5.25. The van der Waals surface area contributed by atoms with E-state index < -0.39 is 11.9 Å². The van der Waals surface area contributed by atoms with Crippen molar-refractivity contribution in [3.63, 3.8) is 0 Å². The van der Waals surface area contributed by atoms with Crippen molar-refractivity contribution in [1.82, 2.24) is 4.90 Å². The highest BCUT2D eigenvalue weighted by molar-refractivity contribution is 5.85. The molecule has 0 saturated heterocycles. The Labute approximate surface area is 131 Å². The standard InChI is InChI=1S/C17H25NO4/c1-4-9-18(10-5-2)16(19)12-15(17(20)21)13-7-6-8-14(11-13)22-3/h6-8,11,15H,4-5,9-10,12H2,1-3H3,(H,20,21). The fraction of sp³-hybridized carbons (Fsp3) is 0.529. The summed E-state index contributed by atoms with van der Waals surface area (Å²) >= 11 is 0. The van der Waals surface area contributed by atoms with E-state index in [1.54, 1.807) is 29.2 Å². The number of hydrogen-bond acceptors (Lipinski definition) is 3. The fourth-order valence-electron chi connectivity index (χ4n) is 2.41. The number of hydrogen-bond donors (Lipinski definition) is 1. The average Bonchev–Trinajstić information content (AvgIpc) is 2.51. The van der Waals surface area contributed by atoms with Gasteiger partial charge in [-0.3, -0.25) is 9.59 Å². The van der Waals surface area contributed by atoms with Crippen molar-refractivity contribution in [2.24, 2.45) is 0 Å². The maximum atomic E-state index is 12.4. The molecule has 0 fully saturated rings. The topological polar surface area (TPSA) is 66.8 Å². The molecule has 1 aromatic carbocycles. The molecule has 22 heavy (non-hydrogen) atoms. The minimum Gasteiger partial charge on any atom is -0.497 e. The molecule has 5 nitrogen and oxygen atoms in total. The molecule has 1 rings (SSSR count). The van der Waals surface area contributed by atoms with Crippen molar-refractivity contribution >= 4 is 11.9 Å². The lowest BCUT2D eigenvalue weighted by Crippen LogP contribution is -2.34. The Bertz CT molecular complexity index is 495. The van der Waals surface area contributed by atoms with Crippen LogP contribution in [0.4, 0.5) is 0 Å². The normalized spacial score (nSPS) is 11.8. The summed E-state index contributed by atoms with van der Waals surface area (Å²) in [4.78, 5) is 25.7. The number of carbonyl (C=O) groups excluding carboxylic acids is 1. The van der Waals surface area contributed by atoms with Crippen LogP contribution >= 0.6 is 0 Å². The third kappa shape index (κ3) is 5.06. The number of benzene rings is 1. The van der Waals surface area contributed by atoms with E-state index in [9.17, 15) is 14.7 Å². The van der Waals surface area contributed by atoms with Gasteiger partial charge in [0, 0.05) is 19.5 Å². The Balaban J connectivity index is 2.91. The highest BCUT2D eigenvalue weighted by Crippen LogP contribution is 2.25. The minimum absolute atomic E-state index is 0.0253. The first-order valence-electron chi connectivity index (χ1n) is 7.68. The summed E-state index contributed by atoms with van der Waals surface area (Å²) in [6, 6.07) is 6.89. The molecule has 1 aromatic rings. The maximum absolute atomic E-state index is 12.4. The molecule has 0 aliphatic heterocycles. The van der Waals surface area contributed by atoms with Crippen molar-refractivity contribution in [3.8, 4) is 5.75 Å². The fourth-order valence-corrected chi connectivity index (χ4v) is 2.41. The summed E-state index contributed by atoms with van der Waals surface area (Å²) < 4.78 is 5.13. The monoisotopic (exact) mass is 307 g/mol. The molecule has 122 valence electrons. The van der Waals surface area contributed by atoms with E-state index in [4.69, 9.17) is 4.74 Å². The summed E-state index contributed by atoms with van der Waals surface area (Å²) in [5, 5.41) is 9.47. The molecule has 1 amide bonds. The van der Waals surface area contributed by atoms with Gasteiger partial charge in [-0.25, -0.2) is 0 Å². The van der Waals surface area contributed by atoms with Crippen molar-refractivity contribution in [3.05, 3.63) is 29.8 Å². The Hall–Kier alpha value is -2.04. The van der Waals surface area contributed by atoms with Crippen LogP contribution in [0, 0.1) is 0 Å². The SMILES string of the molecule is CCCN(CCC)C(=O)CC(C(=O)O)c1cccc(OC)c1. The number of methoxy groups -OCH3 is 1. The lowest BCUT2D eigenvalue weighted by molar-refractivity contribution is -0.142. The summed E-state index contributed by atoms with van der Waals surface area (Å²) in [5.74, 6) is -1.36. The van der Waals surface area contributed by atoms with Crippen LogP contribution in [0.25, 0.3) is 0 Å². The smallest absolute Gasteiger partial charge is 0.311 e. The molecular formula is C17H25NO4. The largest absolute Gasteiger partial charge is 0.497 e. The second kappa shape index (κ2) is 9.07. The van der Waals surface area contributed by atoms with Crippen LogP contribution < -0.4 is 4.74 Å². The third-order valence-corrected chi connectivity index (χ3v) is 3.51. The quantitative estimate of drug-likeness (QED) is 0.761. The van der Waals surface area contributed by atoms with Gasteiger partial charge in [0.2, 0.25) is 5.91 Å². The number of carboxylic acids is 1. The second-order valence-corrected chi connectivity index (χ2v) is 5.25. The van der Waals surface area contributed by atoms with Gasteiger partial charge in [-0.1, -0.05) is 26.0 Å². The van der Waals surface area contributed by atoms with Gasteiger partial charge in [0.05, 0.1) is 13.0 Å². The number of amides is 1. The van der Waals surface area contributed by atoms with E-state index in [1.807, 2.05) is 13.8 Å². The van der Waals surface area contributed by atoms with Gasteiger partial charge in [0.15, 0.2) is 0 Å². The molecular weight excluding hydrogens is 282 g/mol. The van der Waals surface area contributed by atoms with Crippen LogP contribution in [0.2, 0.25) is 0 Å². The zero-order chi connectivity index (χ0) is 16.5. The van der Waals surface area contributed by atoms with Gasteiger partial charge < -0.3 is 14.7 Å². The molecule has 0 aliphatic rings. The van der Waals surface area contributed by atoms with E-state index in [-0.39, 0.29) is 12.3 Å². The molecule has 1 atom stereocenters. The Morgan fingerprint density at radius 3 is 2.36 bits per heavy atom. The van der Waals surface area contributed by atoms with Crippen LogP contribution in [0.5, 0.6) is 5.75 Å². The zero-order valence-corrected chi connectivity index (χ0v) is 13.5. The van der Waals surface area contributed by atoms with Gasteiger partial charge >= 0.3 is 5.97 Å². The molecule has 1 N–H and O–H groups in total. The third-order valence-electron chi connectivity index (χ3n) is 3.51. The van der Waals surface area contributed by atoms with Crippen LogP contribution in [0.15, 0.2) is 24.3 Å². The molecule has 1 unspecified atom stereocenters. The number of nitrogens with zero attached hydrogens (tertiary/aromatic N) is 1. The highest BCUT2D eigenvalue weighted by Gasteiger charge is 2.26. The first kappa shape index (κ1) is 18.0. The summed E-state index contributed by atoms with van der Waals surface area (Å²) in [7, 11) is 1.53. The molecule has 0 aliphatic carbocycles. The number of rotatable bonds is 9. The van der Waals surface area contributed by atoms with E-state index in [1.165, 1.54) is 7.11 Å². The summed E-state index contributed by atoms with van der Waals surface area (Å²) in [6.07, 6.45) is 1.70. The number of carbonyl (C=O) groups is 2. The lowest BCUT2D eigenvalue weighted by Gasteiger charge is -2.23. The van der Waals surface area contributed by atoms with Crippen LogP contribution in [0.3, 0.4) is 0 Å². The first-order chi connectivity index (χ1) is 10.5. The predicted molar refractivity (Wildman–Crippen MR) is 85.1 cm³/mol. The molecule has 0 bridgehead atoms. The molecule has 5 heteroatoms. The van der Waals surface area contributed by atoms with E-state index in [0.717, 1.165) is 12.8 Å². The Morgan fingerprint density at radius 1 is 1.23 bits per heavy atom. The van der Waals surface area contributed by atoms with Crippen LogP contribution in [-0.4, -0.2) is 42.1 Å². The molecule has 0 saturated carbocycles. The van der Waals surface area contributed by atoms with E-state index in [0.29, 0.717) is 24.4 Å². The molecule has 0 radical (unpaired) electrons. The number of aliphatic carboxylic acids is 1. The number of ether oxygens (including phenoxy) is 1. The van der Waals surface area contributed by atoms with Crippen molar-refractivity contribution < 1.29 is 19.4 Å². The zero-order valence-electron chi connectivity index (χ0n) is 13.5. The van der Waals surface area contributed by atoms with Crippen molar-refractivity contribution in [2.75, 3.05) is 20.2 Å². The van der Waals surface area contributed by atoms with Gasteiger partial charge in [0.1, 0.15) is 5.75 Å². The van der Waals surface area contributed by atoms with Gasteiger partial charge in [-0.2, -0.15) is 0 Å². The minimum atomic E-state index is -0.991.